The summed E-state index contributed by atoms with van der Waals surface area (Å²) in [5.41, 5.74) is 4.22. The molecule has 0 unspecified atom stereocenters. The van der Waals surface area contributed by atoms with Gasteiger partial charge in [0.05, 0.1) is 5.25 Å². The van der Waals surface area contributed by atoms with Crippen molar-refractivity contribution < 1.29 is 4.79 Å². The first-order valence-electron chi connectivity index (χ1n) is 9.34. The van der Waals surface area contributed by atoms with Crippen LogP contribution in [0.25, 0.3) is 11.4 Å². The lowest BCUT2D eigenvalue weighted by Crippen LogP contribution is -2.15. The third kappa shape index (κ3) is 4.14. The summed E-state index contributed by atoms with van der Waals surface area (Å²) in [5.74, 6) is 0.968. The second-order valence-electron chi connectivity index (χ2n) is 6.54. The fraction of sp³-hybridized carbons (Fsp3) is 0.318. The highest BCUT2D eigenvalue weighted by Gasteiger charge is 2.21. The molecule has 0 bridgehead atoms. The SMILES string of the molecule is CCc1ccc(C(=O)[C@H](C)Sc2nnc(-c3ccccc3C)n2CC)cc1. The maximum Gasteiger partial charge on any atom is 0.192 e. The highest BCUT2D eigenvalue weighted by atomic mass is 32.2. The summed E-state index contributed by atoms with van der Waals surface area (Å²) in [5, 5.41) is 9.33. The smallest absolute Gasteiger partial charge is 0.192 e. The Balaban J connectivity index is 1.82. The molecule has 5 heteroatoms. The Hall–Kier alpha value is -2.40. The van der Waals surface area contributed by atoms with Gasteiger partial charge in [0.2, 0.25) is 0 Å². The van der Waals surface area contributed by atoms with Crippen LogP contribution in [0.3, 0.4) is 0 Å². The predicted octanol–water partition coefficient (Wildman–Crippen LogP) is 5.20. The molecule has 1 aromatic heterocycles. The van der Waals surface area contributed by atoms with Gasteiger partial charge in [-0.3, -0.25) is 4.79 Å². The molecule has 3 aromatic rings. The van der Waals surface area contributed by atoms with Gasteiger partial charge < -0.3 is 4.57 Å². The van der Waals surface area contributed by atoms with Crippen molar-refractivity contribution in [3.05, 3.63) is 65.2 Å². The minimum Gasteiger partial charge on any atom is -0.302 e. The number of ketones is 1. The first-order valence-corrected chi connectivity index (χ1v) is 10.2. The van der Waals surface area contributed by atoms with E-state index in [1.165, 1.54) is 17.3 Å². The molecule has 0 saturated heterocycles. The number of benzene rings is 2. The van der Waals surface area contributed by atoms with E-state index < -0.39 is 0 Å². The second-order valence-corrected chi connectivity index (χ2v) is 7.85. The summed E-state index contributed by atoms with van der Waals surface area (Å²) in [6.45, 7) is 8.95. The average Bonchev–Trinajstić information content (AvgIpc) is 3.10. The molecule has 0 aliphatic rings. The van der Waals surface area contributed by atoms with Crippen LogP contribution in [-0.4, -0.2) is 25.8 Å². The number of nitrogens with zero attached hydrogens (tertiary/aromatic N) is 3. The fourth-order valence-electron chi connectivity index (χ4n) is 3.04. The van der Waals surface area contributed by atoms with Crippen molar-refractivity contribution in [3.63, 3.8) is 0 Å². The molecule has 1 atom stereocenters. The normalized spacial score (nSPS) is 12.1. The van der Waals surface area contributed by atoms with Crippen molar-refractivity contribution in [1.29, 1.82) is 0 Å². The van der Waals surface area contributed by atoms with Gasteiger partial charge >= 0.3 is 0 Å². The lowest BCUT2D eigenvalue weighted by atomic mass is 10.1. The van der Waals surface area contributed by atoms with Crippen molar-refractivity contribution in [2.45, 2.75) is 51.1 Å². The average molecular weight is 380 g/mol. The van der Waals surface area contributed by atoms with Gasteiger partial charge in [0, 0.05) is 17.7 Å². The number of carbonyl (C=O) groups is 1. The van der Waals surface area contributed by atoms with Crippen molar-refractivity contribution in [2.24, 2.45) is 0 Å². The van der Waals surface area contributed by atoms with Crippen LogP contribution in [0.1, 0.15) is 42.3 Å². The molecule has 4 nitrogen and oxygen atoms in total. The van der Waals surface area contributed by atoms with Gasteiger partial charge in [-0.25, -0.2) is 0 Å². The van der Waals surface area contributed by atoms with Crippen LogP contribution in [0.4, 0.5) is 0 Å². The molecule has 140 valence electrons. The van der Waals surface area contributed by atoms with Crippen molar-refractivity contribution in [1.82, 2.24) is 14.8 Å². The largest absolute Gasteiger partial charge is 0.302 e. The van der Waals surface area contributed by atoms with E-state index in [-0.39, 0.29) is 11.0 Å². The second kappa shape index (κ2) is 8.53. The maximum atomic E-state index is 12.8. The quantitative estimate of drug-likeness (QED) is 0.418. The predicted molar refractivity (Wildman–Crippen MR) is 111 cm³/mol. The number of hydrogen-bond donors (Lipinski definition) is 0. The molecular weight excluding hydrogens is 354 g/mol. The molecule has 1 heterocycles. The molecule has 0 fully saturated rings. The Morgan fingerprint density at radius 3 is 2.41 bits per heavy atom. The van der Waals surface area contributed by atoms with Crippen LogP contribution < -0.4 is 0 Å². The minimum atomic E-state index is -0.225. The summed E-state index contributed by atoms with van der Waals surface area (Å²) in [7, 11) is 0. The van der Waals surface area contributed by atoms with Crippen LogP contribution >= 0.6 is 11.8 Å². The van der Waals surface area contributed by atoms with E-state index >= 15 is 0 Å². The maximum absolute atomic E-state index is 12.8. The van der Waals surface area contributed by atoms with E-state index in [1.54, 1.807) is 0 Å². The Bertz CT molecular complexity index is 931. The van der Waals surface area contributed by atoms with Gasteiger partial charge in [-0.05, 0) is 38.3 Å². The zero-order valence-electron chi connectivity index (χ0n) is 16.3. The van der Waals surface area contributed by atoms with Crippen molar-refractivity contribution in [3.8, 4) is 11.4 Å². The third-order valence-electron chi connectivity index (χ3n) is 4.72. The zero-order chi connectivity index (χ0) is 19.4. The Morgan fingerprint density at radius 2 is 1.78 bits per heavy atom. The summed E-state index contributed by atoms with van der Waals surface area (Å²) in [6.07, 6.45) is 0.972. The van der Waals surface area contributed by atoms with Gasteiger partial charge in [0.25, 0.3) is 0 Å². The molecule has 27 heavy (non-hydrogen) atoms. The van der Waals surface area contributed by atoms with Gasteiger partial charge in [0.1, 0.15) is 0 Å². The molecule has 0 saturated carbocycles. The molecule has 3 rings (SSSR count). The van der Waals surface area contributed by atoms with Gasteiger partial charge in [-0.1, -0.05) is 67.2 Å². The number of aromatic nitrogens is 3. The lowest BCUT2D eigenvalue weighted by Gasteiger charge is -2.12. The van der Waals surface area contributed by atoms with Crippen LogP contribution in [0.15, 0.2) is 53.7 Å². The standard InChI is InChI=1S/C22H25N3OS/c1-5-17-11-13-18(14-12-17)20(26)16(4)27-22-24-23-21(25(22)6-2)19-10-8-7-9-15(19)3/h7-14,16H,5-6H2,1-4H3/t16-/m0/s1. The molecule has 0 radical (unpaired) electrons. The van der Waals surface area contributed by atoms with E-state index in [9.17, 15) is 4.79 Å². The van der Waals surface area contributed by atoms with Gasteiger partial charge in [0.15, 0.2) is 16.8 Å². The molecule has 0 aliphatic carbocycles. The lowest BCUT2D eigenvalue weighted by molar-refractivity contribution is 0.0994. The number of hydrogen-bond acceptors (Lipinski definition) is 4. The molecule has 0 spiro atoms. The van der Waals surface area contributed by atoms with E-state index in [0.717, 1.165) is 40.6 Å². The van der Waals surface area contributed by atoms with Gasteiger partial charge in [-0.2, -0.15) is 0 Å². The Morgan fingerprint density at radius 1 is 1.07 bits per heavy atom. The van der Waals surface area contributed by atoms with E-state index in [2.05, 4.69) is 47.7 Å². The summed E-state index contributed by atoms with van der Waals surface area (Å²) in [4.78, 5) is 12.8. The minimum absolute atomic E-state index is 0.116. The third-order valence-corrected chi connectivity index (χ3v) is 5.80. The number of aryl methyl sites for hydroxylation is 2. The molecule has 0 aliphatic heterocycles. The van der Waals surface area contributed by atoms with E-state index in [1.807, 2.05) is 43.3 Å². The number of Topliss-reactive ketones (excluding diaryl/α,β-unsaturated/α-hetero) is 1. The summed E-state index contributed by atoms with van der Waals surface area (Å²) >= 11 is 1.47. The highest BCUT2D eigenvalue weighted by Crippen LogP contribution is 2.29. The fourth-order valence-corrected chi connectivity index (χ4v) is 4.03. The Kier molecular flexibility index (Phi) is 6.11. The number of thioether (sulfide) groups is 1. The number of rotatable bonds is 7. The van der Waals surface area contributed by atoms with Crippen LogP contribution in [0, 0.1) is 6.92 Å². The first kappa shape index (κ1) is 19.4. The molecule has 0 N–H and O–H groups in total. The first-order chi connectivity index (χ1) is 13.0. The highest BCUT2D eigenvalue weighted by molar-refractivity contribution is 8.00. The molecule has 2 aromatic carbocycles. The molecular formula is C22H25N3OS. The van der Waals surface area contributed by atoms with Gasteiger partial charge in [-0.15, -0.1) is 10.2 Å². The van der Waals surface area contributed by atoms with E-state index in [4.69, 9.17) is 0 Å². The molecule has 0 amide bonds. The Labute approximate surface area is 165 Å². The zero-order valence-corrected chi connectivity index (χ0v) is 17.1. The van der Waals surface area contributed by atoms with Crippen LogP contribution in [-0.2, 0) is 13.0 Å². The number of carbonyl (C=O) groups excluding carboxylic acids is 1. The van der Waals surface area contributed by atoms with Crippen LogP contribution in [0.2, 0.25) is 0 Å². The van der Waals surface area contributed by atoms with Crippen molar-refractivity contribution in [2.75, 3.05) is 0 Å². The topological polar surface area (TPSA) is 47.8 Å². The summed E-state index contributed by atoms with van der Waals surface area (Å²) < 4.78 is 2.08. The van der Waals surface area contributed by atoms with Crippen LogP contribution in [0.5, 0.6) is 0 Å². The monoisotopic (exact) mass is 379 g/mol. The van der Waals surface area contributed by atoms with Crippen molar-refractivity contribution >= 4 is 17.5 Å². The summed E-state index contributed by atoms with van der Waals surface area (Å²) in [6, 6.07) is 16.0. The van der Waals surface area contributed by atoms with E-state index in [0.29, 0.717) is 0 Å².